The molecule has 1 unspecified atom stereocenters. The summed E-state index contributed by atoms with van der Waals surface area (Å²) in [6, 6.07) is 1.06. The second kappa shape index (κ2) is 3.95. The Morgan fingerprint density at radius 2 is 2.24 bits per heavy atom. The van der Waals surface area contributed by atoms with Crippen LogP contribution in [-0.4, -0.2) is 27.5 Å². The molecule has 4 heteroatoms. The topological polar surface area (TPSA) is 49.0 Å². The Morgan fingerprint density at radius 3 is 2.88 bits per heavy atom. The molecule has 0 aromatic carbocycles. The summed E-state index contributed by atoms with van der Waals surface area (Å²) in [6.45, 7) is 5.45. The van der Waals surface area contributed by atoms with Crippen molar-refractivity contribution in [2.24, 2.45) is 5.92 Å². The Labute approximate surface area is 101 Å². The molecule has 1 aromatic heterocycles. The van der Waals surface area contributed by atoms with Crippen LogP contribution in [0.2, 0.25) is 0 Å². The van der Waals surface area contributed by atoms with E-state index in [0.717, 1.165) is 30.3 Å². The van der Waals surface area contributed by atoms with Gasteiger partial charge in [-0.15, -0.1) is 0 Å². The van der Waals surface area contributed by atoms with Crippen LogP contribution >= 0.6 is 0 Å². The molecule has 2 aliphatic rings. The van der Waals surface area contributed by atoms with E-state index in [1.807, 2.05) is 0 Å². The quantitative estimate of drug-likeness (QED) is 0.842. The molecule has 0 saturated heterocycles. The minimum Gasteiger partial charge on any atom is -0.313 e. The number of nitrogens with one attached hydrogen (secondary N) is 1. The number of H-pyrrole nitrogens is 1. The molecule has 4 nitrogen and oxygen atoms in total. The van der Waals surface area contributed by atoms with Gasteiger partial charge in [0, 0.05) is 18.2 Å². The van der Waals surface area contributed by atoms with E-state index in [0.29, 0.717) is 12.0 Å². The number of fused-ring (bicyclic) bond motifs is 1. The van der Waals surface area contributed by atoms with Crippen LogP contribution in [0.15, 0.2) is 11.1 Å². The van der Waals surface area contributed by atoms with Crippen molar-refractivity contribution < 1.29 is 0 Å². The molecule has 1 aromatic rings. The average Bonchev–Trinajstić information content (AvgIpc) is 3.11. The first kappa shape index (κ1) is 11.0. The van der Waals surface area contributed by atoms with Crippen LogP contribution in [0.4, 0.5) is 0 Å². The Balaban J connectivity index is 2.05. The van der Waals surface area contributed by atoms with E-state index in [2.05, 4.69) is 28.7 Å². The highest BCUT2D eigenvalue weighted by Crippen LogP contribution is 2.40. The summed E-state index contributed by atoms with van der Waals surface area (Å²) >= 11 is 0. The van der Waals surface area contributed by atoms with Gasteiger partial charge in [0.05, 0.1) is 18.1 Å². The highest BCUT2D eigenvalue weighted by molar-refractivity contribution is 5.24. The van der Waals surface area contributed by atoms with Crippen molar-refractivity contribution in [1.29, 1.82) is 0 Å². The predicted molar refractivity (Wildman–Crippen MR) is 65.9 cm³/mol. The molecule has 1 N–H and O–H groups in total. The Morgan fingerprint density at radius 1 is 1.47 bits per heavy atom. The zero-order chi connectivity index (χ0) is 12.0. The molecule has 0 spiro atoms. The van der Waals surface area contributed by atoms with Crippen molar-refractivity contribution in [1.82, 2.24) is 14.9 Å². The highest BCUT2D eigenvalue weighted by Gasteiger charge is 2.40. The lowest BCUT2D eigenvalue weighted by Gasteiger charge is -2.38. The fourth-order valence-corrected chi connectivity index (χ4v) is 2.99. The molecular weight excluding hydrogens is 214 g/mol. The number of hydrogen-bond acceptors (Lipinski definition) is 3. The van der Waals surface area contributed by atoms with Gasteiger partial charge in [-0.25, -0.2) is 4.98 Å². The second-order valence-corrected chi connectivity index (χ2v) is 5.50. The lowest BCUT2D eigenvalue weighted by Crippen LogP contribution is -2.42. The van der Waals surface area contributed by atoms with Gasteiger partial charge >= 0.3 is 0 Å². The van der Waals surface area contributed by atoms with Gasteiger partial charge in [-0.2, -0.15) is 0 Å². The summed E-state index contributed by atoms with van der Waals surface area (Å²) in [5.74, 6) is 0.504. The third kappa shape index (κ3) is 1.80. The first-order valence-electron chi connectivity index (χ1n) is 6.50. The summed E-state index contributed by atoms with van der Waals surface area (Å²) in [4.78, 5) is 21.5. The minimum atomic E-state index is 0.0519. The summed E-state index contributed by atoms with van der Waals surface area (Å²) < 4.78 is 0. The number of nitrogens with zero attached hydrogens (tertiary/aromatic N) is 2. The van der Waals surface area contributed by atoms with Gasteiger partial charge in [0.1, 0.15) is 0 Å². The van der Waals surface area contributed by atoms with Crippen LogP contribution < -0.4 is 5.56 Å². The van der Waals surface area contributed by atoms with E-state index in [1.165, 1.54) is 12.8 Å². The maximum Gasteiger partial charge on any atom is 0.254 e. The Kier molecular flexibility index (Phi) is 2.54. The van der Waals surface area contributed by atoms with Crippen LogP contribution in [0.3, 0.4) is 0 Å². The predicted octanol–water partition coefficient (Wildman–Crippen LogP) is 1.49. The lowest BCUT2D eigenvalue weighted by molar-refractivity contribution is 0.130. The molecule has 3 rings (SSSR count). The van der Waals surface area contributed by atoms with Gasteiger partial charge in [0.25, 0.3) is 5.56 Å². The summed E-state index contributed by atoms with van der Waals surface area (Å²) in [5.41, 5.74) is 1.97. The molecular formula is C13H19N3O. The van der Waals surface area contributed by atoms with E-state index >= 15 is 0 Å². The van der Waals surface area contributed by atoms with Crippen molar-refractivity contribution in [2.75, 3.05) is 6.54 Å². The number of rotatable bonds is 2. The molecule has 92 valence electrons. The van der Waals surface area contributed by atoms with Crippen molar-refractivity contribution in [3.05, 3.63) is 27.9 Å². The zero-order valence-electron chi connectivity index (χ0n) is 10.4. The van der Waals surface area contributed by atoms with Crippen LogP contribution in [-0.2, 0) is 6.42 Å². The van der Waals surface area contributed by atoms with E-state index in [4.69, 9.17) is 0 Å². The van der Waals surface area contributed by atoms with Gasteiger partial charge in [-0.3, -0.25) is 9.69 Å². The van der Waals surface area contributed by atoms with E-state index in [9.17, 15) is 4.79 Å². The molecule has 0 amide bonds. The molecule has 17 heavy (non-hydrogen) atoms. The van der Waals surface area contributed by atoms with Gasteiger partial charge in [0.2, 0.25) is 0 Å². The number of aromatic amines is 1. The van der Waals surface area contributed by atoms with Crippen LogP contribution in [0.1, 0.15) is 44.0 Å². The monoisotopic (exact) mass is 233 g/mol. The van der Waals surface area contributed by atoms with E-state index in [-0.39, 0.29) is 5.56 Å². The summed E-state index contributed by atoms with van der Waals surface area (Å²) in [7, 11) is 0. The Bertz CT molecular complexity index is 476. The van der Waals surface area contributed by atoms with E-state index in [1.54, 1.807) is 6.33 Å². The third-order valence-electron chi connectivity index (χ3n) is 3.89. The standard InChI is InChI=1S/C13H19N3O/c1-8(2)12-11-10(13(17)15-7-14-11)5-6-16(12)9-3-4-9/h7-9,12H,3-6H2,1-2H3,(H,14,15,17). The van der Waals surface area contributed by atoms with Gasteiger partial charge in [0.15, 0.2) is 0 Å². The fraction of sp³-hybridized carbons (Fsp3) is 0.692. The molecule has 1 atom stereocenters. The Hall–Kier alpha value is -1.16. The molecule has 1 fully saturated rings. The lowest BCUT2D eigenvalue weighted by atomic mass is 9.90. The average molecular weight is 233 g/mol. The van der Waals surface area contributed by atoms with Crippen LogP contribution in [0, 0.1) is 5.92 Å². The number of hydrogen-bond donors (Lipinski definition) is 1. The first-order valence-corrected chi connectivity index (χ1v) is 6.50. The third-order valence-corrected chi connectivity index (χ3v) is 3.89. The smallest absolute Gasteiger partial charge is 0.254 e. The highest BCUT2D eigenvalue weighted by atomic mass is 16.1. The number of aromatic nitrogens is 2. The van der Waals surface area contributed by atoms with Crippen molar-refractivity contribution in [3.63, 3.8) is 0 Å². The maximum absolute atomic E-state index is 11.8. The normalized spacial score (nSPS) is 25.0. The second-order valence-electron chi connectivity index (χ2n) is 5.50. The molecule has 2 heterocycles. The summed E-state index contributed by atoms with van der Waals surface area (Å²) in [6.07, 6.45) is 5.01. The van der Waals surface area contributed by atoms with Crippen molar-refractivity contribution in [3.8, 4) is 0 Å². The largest absolute Gasteiger partial charge is 0.313 e. The molecule has 1 aliphatic heterocycles. The van der Waals surface area contributed by atoms with Gasteiger partial charge < -0.3 is 4.98 Å². The van der Waals surface area contributed by atoms with Crippen molar-refractivity contribution in [2.45, 2.75) is 45.2 Å². The fourth-order valence-electron chi connectivity index (χ4n) is 2.99. The van der Waals surface area contributed by atoms with Gasteiger partial charge in [-0.1, -0.05) is 13.8 Å². The SMILES string of the molecule is CC(C)C1c2nc[nH]c(=O)c2CCN1C1CC1. The molecule has 0 bridgehead atoms. The minimum absolute atomic E-state index is 0.0519. The van der Waals surface area contributed by atoms with E-state index < -0.39 is 0 Å². The molecule has 0 radical (unpaired) electrons. The van der Waals surface area contributed by atoms with Gasteiger partial charge in [-0.05, 0) is 25.2 Å². The summed E-state index contributed by atoms with van der Waals surface area (Å²) in [5, 5.41) is 0. The van der Waals surface area contributed by atoms with Crippen LogP contribution in [0.25, 0.3) is 0 Å². The van der Waals surface area contributed by atoms with Crippen molar-refractivity contribution >= 4 is 0 Å². The maximum atomic E-state index is 11.8. The zero-order valence-corrected chi connectivity index (χ0v) is 10.4. The molecule has 1 aliphatic carbocycles. The first-order chi connectivity index (χ1) is 8.18. The van der Waals surface area contributed by atoms with Crippen LogP contribution in [0.5, 0.6) is 0 Å². The molecule has 1 saturated carbocycles.